The van der Waals surface area contributed by atoms with E-state index >= 15 is 0 Å². The number of rotatable bonds is 1. The minimum atomic E-state index is 0.586. The second-order valence-electron chi connectivity index (χ2n) is 2.67. The van der Waals surface area contributed by atoms with Crippen LogP contribution in [0, 0.1) is 11.3 Å². The summed E-state index contributed by atoms with van der Waals surface area (Å²) in [5.74, 6) is 0. The third-order valence-electron chi connectivity index (χ3n) is 1.91. The van der Waals surface area contributed by atoms with Crippen LogP contribution >= 0.6 is 0 Å². The fourth-order valence-electron chi connectivity index (χ4n) is 1.29. The van der Waals surface area contributed by atoms with Crippen LogP contribution in [-0.4, -0.2) is 14.6 Å². The molecule has 0 aromatic carbocycles. The number of fused-ring (bicyclic) bond motifs is 1. The summed E-state index contributed by atoms with van der Waals surface area (Å²) in [6, 6.07) is 3.92. The van der Waals surface area contributed by atoms with Gasteiger partial charge < -0.3 is 0 Å². The van der Waals surface area contributed by atoms with Gasteiger partial charge >= 0.3 is 0 Å². The SMILES string of the molecule is CCc1nn2cccnc2c1C#N. The van der Waals surface area contributed by atoms with Crippen molar-refractivity contribution in [3.63, 3.8) is 0 Å². The van der Waals surface area contributed by atoms with E-state index in [0.717, 1.165) is 12.1 Å². The quantitative estimate of drug-likeness (QED) is 0.648. The molecule has 0 unspecified atom stereocenters. The van der Waals surface area contributed by atoms with Crippen molar-refractivity contribution >= 4 is 5.65 Å². The van der Waals surface area contributed by atoms with Crippen molar-refractivity contribution in [1.29, 1.82) is 5.26 Å². The minimum absolute atomic E-state index is 0.586. The van der Waals surface area contributed by atoms with E-state index in [1.807, 2.05) is 6.92 Å². The highest BCUT2D eigenvalue weighted by molar-refractivity contribution is 5.57. The monoisotopic (exact) mass is 172 g/mol. The summed E-state index contributed by atoms with van der Waals surface area (Å²) in [5.41, 5.74) is 2.03. The fraction of sp³-hybridized carbons (Fsp3) is 0.222. The van der Waals surface area contributed by atoms with Gasteiger partial charge in [-0.05, 0) is 12.5 Å². The second-order valence-corrected chi connectivity index (χ2v) is 2.67. The van der Waals surface area contributed by atoms with Crippen LogP contribution in [0.1, 0.15) is 18.2 Å². The van der Waals surface area contributed by atoms with Crippen molar-refractivity contribution < 1.29 is 0 Å². The van der Waals surface area contributed by atoms with E-state index in [9.17, 15) is 0 Å². The number of nitrogens with zero attached hydrogens (tertiary/aromatic N) is 4. The molecule has 0 aliphatic heterocycles. The predicted octanol–water partition coefficient (Wildman–Crippen LogP) is 1.16. The number of hydrogen-bond acceptors (Lipinski definition) is 3. The molecule has 4 heteroatoms. The summed E-state index contributed by atoms with van der Waals surface area (Å²) in [7, 11) is 0. The topological polar surface area (TPSA) is 54.0 Å². The highest BCUT2D eigenvalue weighted by atomic mass is 15.2. The first-order chi connectivity index (χ1) is 6.36. The maximum Gasteiger partial charge on any atom is 0.173 e. The molecule has 2 aromatic heterocycles. The molecular formula is C9H8N4. The first kappa shape index (κ1) is 7.74. The van der Waals surface area contributed by atoms with E-state index in [4.69, 9.17) is 5.26 Å². The van der Waals surface area contributed by atoms with Gasteiger partial charge in [0.1, 0.15) is 11.6 Å². The summed E-state index contributed by atoms with van der Waals surface area (Å²) in [5, 5.41) is 13.1. The minimum Gasteiger partial charge on any atom is -0.236 e. The molecule has 0 fully saturated rings. The Morgan fingerprint density at radius 1 is 1.62 bits per heavy atom. The highest BCUT2D eigenvalue weighted by Gasteiger charge is 2.10. The summed E-state index contributed by atoms with van der Waals surface area (Å²) in [4.78, 5) is 4.10. The van der Waals surface area contributed by atoms with Gasteiger partial charge in [0.25, 0.3) is 0 Å². The van der Waals surface area contributed by atoms with Crippen molar-refractivity contribution in [1.82, 2.24) is 14.6 Å². The average Bonchev–Trinajstić information content (AvgIpc) is 2.55. The van der Waals surface area contributed by atoms with Gasteiger partial charge in [-0.3, -0.25) is 0 Å². The third kappa shape index (κ3) is 1.05. The third-order valence-corrected chi connectivity index (χ3v) is 1.91. The first-order valence-corrected chi connectivity index (χ1v) is 4.09. The molecule has 0 aliphatic carbocycles. The summed E-state index contributed by atoms with van der Waals surface area (Å²) < 4.78 is 1.64. The van der Waals surface area contributed by atoms with Crippen molar-refractivity contribution in [3.05, 3.63) is 29.7 Å². The maximum absolute atomic E-state index is 8.89. The van der Waals surface area contributed by atoms with Gasteiger partial charge in [0.15, 0.2) is 5.65 Å². The molecule has 13 heavy (non-hydrogen) atoms. The molecule has 4 nitrogen and oxygen atoms in total. The lowest BCUT2D eigenvalue weighted by Crippen LogP contribution is -1.87. The highest BCUT2D eigenvalue weighted by Crippen LogP contribution is 2.11. The van der Waals surface area contributed by atoms with Gasteiger partial charge in [0, 0.05) is 12.4 Å². The second kappa shape index (κ2) is 2.87. The molecule has 0 atom stereocenters. The van der Waals surface area contributed by atoms with Crippen molar-refractivity contribution in [2.45, 2.75) is 13.3 Å². The van der Waals surface area contributed by atoms with E-state index in [1.165, 1.54) is 0 Å². The lowest BCUT2D eigenvalue weighted by atomic mass is 10.2. The van der Waals surface area contributed by atoms with E-state index in [-0.39, 0.29) is 0 Å². The summed E-state index contributed by atoms with van der Waals surface area (Å²) in [6.45, 7) is 1.97. The maximum atomic E-state index is 8.89. The predicted molar refractivity (Wildman–Crippen MR) is 47.1 cm³/mol. The normalized spacial score (nSPS) is 10.2. The molecule has 0 aliphatic rings. The van der Waals surface area contributed by atoms with Crippen molar-refractivity contribution in [2.24, 2.45) is 0 Å². The lowest BCUT2D eigenvalue weighted by molar-refractivity contribution is 0.886. The van der Waals surface area contributed by atoms with Gasteiger partial charge in [-0.1, -0.05) is 6.92 Å². The summed E-state index contributed by atoms with van der Waals surface area (Å²) in [6.07, 6.45) is 4.21. The smallest absolute Gasteiger partial charge is 0.173 e. The Hall–Kier alpha value is -1.89. The molecule has 0 N–H and O–H groups in total. The molecule has 0 radical (unpaired) electrons. The van der Waals surface area contributed by atoms with Crippen molar-refractivity contribution in [2.75, 3.05) is 0 Å². The van der Waals surface area contributed by atoms with Gasteiger partial charge in [-0.2, -0.15) is 10.4 Å². The first-order valence-electron chi connectivity index (χ1n) is 4.09. The van der Waals surface area contributed by atoms with Crippen LogP contribution in [0.3, 0.4) is 0 Å². The summed E-state index contributed by atoms with van der Waals surface area (Å²) >= 11 is 0. The molecular weight excluding hydrogens is 164 g/mol. The van der Waals surface area contributed by atoms with Crippen LogP contribution in [0.2, 0.25) is 0 Å². The Labute approximate surface area is 75.4 Å². The van der Waals surface area contributed by atoms with Crippen LogP contribution in [0.25, 0.3) is 5.65 Å². The molecule has 64 valence electrons. The van der Waals surface area contributed by atoms with Gasteiger partial charge in [-0.15, -0.1) is 0 Å². The zero-order chi connectivity index (χ0) is 9.26. The Bertz CT molecular complexity index is 478. The number of nitriles is 1. The van der Waals surface area contributed by atoms with E-state index < -0.39 is 0 Å². The Balaban J connectivity index is 2.83. The molecule has 0 spiro atoms. The zero-order valence-corrected chi connectivity index (χ0v) is 7.23. The largest absolute Gasteiger partial charge is 0.236 e. The molecule has 0 amide bonds. The van der Waals surface area contributed by atoms with Crippen LogP contribution in [0.15, 0.2) is 18.5 Å². The number of aromatic nitrogens is 3. The van der Waals surface area contributed by atoms with Crippen molar-refractivity contribution in [3.8, 4) is 6.07 Å². The van der Waals surface area contributed by atoms with Crippen LogP contribution in [-0.2, 0) is 6.42 Å². The lowest BCUT2D eigenvalue weighted by Gasteiger charge is -1.87. The Morgan fingerprint density at radius 2 is 2.46 bits per heavy atom. The molecule has 0 bridgehead atoms. The molecule has 0 saturated carbocycles. The van der Waals surface area contributed by atoms with E-state index in [1.54, 1.807) is 23.0 Å². The van der Waals surface area contributed by atoms with Crippen LogP contribution in [0.4, 0.5) is 0 Å². The molecule has 0 saturated heterocycles. The fourth-order valence-corrected chi connectivity index (χ4v) is 1.29. The average molecular weight is 172 g/mol. The Kier molecular flexibility index (Phi) is 1.71. The Morgan fingerprint density at radius 3 is 3.15 bits per heavy atom. The molecule has 2 heterocycles. The molecule has 2 aromatic rings. The van der Waals surface area contributed by atoms with Gasteiger partial charge in [-0.25, -0.2) is 9.50 Å². The van der Waals surface area contributed by atoms with Gasteiger partial charge in [0.2, 0.25) is 0 Å². The van der Waals surface area contributed by atoms with Crippen LogP contribution < -0.4 is 0 Å². The van der Waals surface area contributed by atoms with E-state index in [0.29, 0.717) is 11.2 Å². The zero-order valence-electron chi connectivity index (χ0n) is 7.23. The standard InChI is InChI=1S/C9H8N4/c1-2-8-7(6-10)9-11-4-3-5-13(9)12-8/h3-5H,2H2,1H3. The van der Waals surface area contributed by atoms with Gasteiger partial charge in [0.05, 0.1) is 5.69 Å². The van der Waals surface area contributed by atoms with E-state index in [2.05, 4.69) is 16.2 Å². The van der Waals surface area contributed by atoms with Crippen LogP contribution in [0.5, 0.6) is 0 Å². The number of hydrogen-bond donors (Lipinski definition) is 0. The molecule has 2 rings (SSSR count). The number of aryl methyl sites for hydroxylation is 1.